The second-order valence-electron chi connectivity index (χ2n) is 4.48. The molecular formula is C11H13Br2N3. The van der Waals surface area contributed by atoms with Crippen LogP contribution in [0.4, 0.5) is 5.69 Å². The molecule has 0 unspecified atom stereocenters. The van der Waals surface area contributed by atoms with E-state index in [-0.39, 0.29) is 0 Å². The molecule has 3 nitrogen and oxygen atoms in total. The van der Waals surface area contributed by atoms with Crippen molar-refractivity contribution in [2.75, 3.05) is 24.5 Å². The Hall–Kier alpha value is -0.130. The maximum Gasteiger partial charge on any atom is 0.120 e. The van der Waals surface area contributed by atoms with Gasteiger partial charge in [-0.05, 0) is 56.8 Å². The summed E-state index contributed by atoms with van der Waals surface area (Å²) in [5.74, 6) is 0.906. The lowest BCUT2D eigenvalue weighted by molar-refractivity contribution is 0.197. The van der Waals surface area contributed by atoms with E-state index in [2.05, 4.69) is 53.1 Å². The zero-order valence-corrected chi connectivity index (χ0v) is 12.0. The fourth-order valence-corrected chi connectivity index (χ4v) is 2.99. The van der Waals surface area contributed by atoms with E-state index in [4.69, 9.17) is 0 Å². The number of nitrogens with zero attached hydrogens (tertiary/aromatic N) is 2. The first-order valence-corrected chi connectivity index (χ1v) is 7.12. The van der Waals surface area contributed by atoms with Crippen LogP contribution in [-0.4, -0.2) is 30.7 Å². The van der Waals surface area contributed by atoms with Gasteiger partial charge >= 0.3 is 0 Å². The van der Waals surface area contributed by atoms with E-state index in [1.54, 1.807) is 0 Å². The van der Waals surface area contributed by atoms with Crippen LogP contribution in [0.2, 0.25) is 0 Å². The number of piperidine rings is 1. The van der Waals surface area contributed by atoms with Crippen LogP contribution in [0, 0.1) is 5.92 Å². The van der Waals surface area contributed by atoms with E-state index in [9.17, 15) is 0 Å². The van der Waals surface area contributed by atoms with Gasteiger partial charge in [0.15, 0.2) is 0 Å². The number of aromatic nitrogens is 1. The predicted octanol–water partition coefficient (Wildman–Crippen LogP) is 2.40. The summed E-state index contributed by atoms with van der Waals surface area (Å²) in [6.07, 6.45) is 3.24. The normalized spacial score (nSPS) is 28.5. The average Bonchev–Trinajstić information content (AvgIpc) is 2.24. The van der Waals surface area contributed by atoms with Crippen molar-refractivity contribution >= 4 is 37.5 Å². The number of halogens is 2. The minimum absolute atomic E-state index is 0.691. The molecular weight excluding hydrogens is 334 g/mol. The third kappa shape index (κ3) is 1.89. The summed E-state index contributed by atoms with van der Waals surface area (Å²) >= 11 is 6.90. The van der Waals surface area contributed by atoms with Gasteiger partial charge in [-0.25, -0.2) is 4.98 Å². The van der Waals surface area contributed by atoms with Crippen molar-refractivity contribution in [2.45, 2.75) is 12.5 Å². The molecule has 0 radical (unpaired) electrons. The molecule has 0 aliphatic carbocycles. The summed E-state index contributed by atoms with van der Waals surface area (Å²) in [6.45, 7) is 3.47. The van der Waals surface area contributed by atoms with Crippen molar-refractivity contribution in [3.63, 3.8) is 0 Å². The number of fused-ring (bicyclic) bond motifs is 1. The molecule has 3 heterocycles. The molecule has 2 saturated heterocycles. The molecule has 2 atom stereocenters. The number of pyridine rings is 1. The average molecular weight is 347 g/mol. The molecule has 5 heteroatoms. The predicted molar refractivity (Wildman–Crippen MR) is 71.7 cm³/mol. The van der Waals surface area contributed by atoms with Crippen molar-refractivity contribution in [2.24, 2.45) is 5.92 Å². The molecule has 0 spiro atoms. The lowest BCUT2D eigenvalue weighted by atomic mass is 9.85. The van der Waals surface area contributed by atoms with Gasteiger partial charge in [0.1, 0.15) is 4.60 Å². The Morgan fingerprint density at radius 3 is 2.94 bits per heavy atom. The first-order valence-electron chi connectivity index (χ1n) is 5.53. The third-order valence-electron chi connectivity index (χ3n) is 3.55. The van der Waals surface area contributed by atoms with Crippen LogP contribution >= 0.6 is 31.9 Å². The number of rotatable bonds is 1. The van der Waals surface area contributed by atoms with Gasteiger partial charge in [-0.2, -0.15) is 0 Å². The van der Waals surface area contributed by atoms with E-state index in [1.165, 1.54) is 18.7 Å². The van der Waals surface area contributed by atoms with Crippen molar-refractivity contribution < 1.29 is 0 Å². The number of nitrogens with one attached hydrogen (secondary N) is 1. The summed E-state index contributed by atoms with van der Waals surface area (Å²) < 4.78 is 1.89. The van der Waals surface area contributed by atoms with Crippen LogP contribution in [0.5, 0.6) is 0 Å². The molecule has 0 saturated carbocycles. The van der Waals surface area contributed by atoms with E-state index >= 15 is 0 Å². The Bertz CT molecular complexity index is 410. The maximum atomic E-state index is 4.32. The van der Waals surface area contributed by atoms with Crippen molar-refractivity contribution in [3.05, 3.63) is 21.3 Å². The Kier molecular flexibility index (Phi) is 2.94. The highest BCUT2D eigenvalue weighted by atomic mass is 79.9. The van der Waals surface area contributed by atoms with E-state index < -0.39 is 0 Å². The van der Waals surface area contributed by atoms with Crippen LogP contribution in [0.15, 0.2) is 21.3 Å². The van der Waals surface area contributed by atoms with Gasteiger partial charge in [0.25, 0.3) is 0 Å². The third-order valence-corrected chi connectivity index (χ3v) is 5.31. The van der Waals surface area contributed by atoms with Crippen molar-refractivity contribution in [1.82, 2.24) is 10.3 Å². The zero-order chi connectivity index (χ0) is 11.1. The van der Waals surface area contributed by atoms with E-state index in [0.29, 0.717) is 6.04 Å². The number of anilines is 1. The van der Waals surface area contributed by atoms with Crippen molar-refractivity contribution in [1.29, 1.82) is 0 Å². The molecule has 86 valence electrons. The fourth-order valence-electron chi connectivity index (χ4n) is 2.44. The molecule has 0 aromatic carbocycles. The first-order chi connectivity index (χ1) is 7.74. The molecule has 1 aromatic rings. The zero-order valence-electron chi connectivity index (χ0n) is 8.79. The lowest BCUT2D eigenvalue weighted by Gasteiger charge is -2.47. The Morgan fingerprint density at radius 1 is 1.44 bits per heavy atom. The standard InChI is InChI=1S/C11H13Br2N3/c12-9-3-8(5-15-11(9)13)16-2-1-7-4-14-10(7)6-16/h3,5,7,10,14H,1-2,4,6H2/t7-,10-/m0/s1. The minimum atomic E-state index is 0.691. The molecule has 2 aliphatic rings. The highest BCUT2D eigenvalue weighted by Crippen LogP contribution is 2.30. The highest BCUT2D eigenvalue weighted by Gasteiger charge is 2.35. The van der Waals surface area contributed by atoms with Gasteiger partial charge in [0, 0.05) is 19.1 Å². The quantitative estimate of drug-likeness (QED) is 0.791. The minimum Gasteiger partial charge on any atom is -0.369 e. The Balaban J connectivity index is 1.78. The van der Waals surface area contributed by atoms with E-state index in [1.807, 2.05) is 6.20 Å². The molecule has 2 fully saturated rings. The molecule has 1 N–H and O–H groups in total. The Morgan fingerprint density at radius 2 is 2.31 bits per heavy atom. The highest BCUT2D eigenvalue weighted by molar-refractivity contribution is 9.13. The molecule has 2 aliphatic heterocycles. The summed E-state index contributed by atoms with van der Waals surface area (Å²) in [6, 6.07) is 2.83. The van der Waals surface area contributed by atoms with Crippen LogP contribution in [0.1, 0.15) is 6.42 Å². The first kappa shape index (κ1) is 11.0. The fraction of sp³-hybridized carbons (Fsp3) is 0.545. The monoisotopic (exact) mass is 345 g/mol. The molecule has 0 amide bonds. The maximum absolute atomic E-state index is 4.32. The van der Waals surface area contributed by atoms with Gasteiger partial charge < -0.3 is 10.2 Å². The SMILES string of the molecule is Brc1cc(N2CC[C@H]3CN[C@H]3C2)cnc1Br. The van der Waals surface area contributed by atoms with Gasteiger partial charge in [0.05, 0.1) is 16.4 Å². The second kappa shape index (κ2) is 4.27. The van der Waals surface area contributed by atoms with Gasteiger partial charge in [-0.1, -0.05) is 0 Å². The van der Waals surface area contributed by atoms with Crippen LogP contribution in [0.25, 0.3) is 0 Å². The van der Waals surface area contributed by atoms with Crippen LogP contribution in [-0.2, 0) is 0 Å². The molecule has 1 aromatic heterocycles. The van der Waals surface area contributed by atoms with Crippen LogP contribution < -0.4 is 10.2 Å². The van der Waals surface area contributed by atoms with Gasteiger partial charge in [-0.3, -0.25) is 0 Å². The largest absolute Gasteiger partial charge is 0.369 e. The number of hydrogen-bond donors (Lipinski definition) is 1. The van der Waals surface area contributed by atoms with Gasteiger partial charge in [-0.15, -0.1) is 0 Å². The lowest BCUT2D eigenvalue weighted by Crippen LogP contribution is -2.62. The molecule has 16 heavy (non-hydrogen) atoms. The van der Waals surface area contributed by atoms with Crippen molar-refractivity contribution in [3.8, 4) is 0 Å². The summed E-state index contributed by atoms with van der Waals surface area (Å²) in [4.78, 5) is 6.74. The van der Waals surface area contributed by atoms with Crippen LogP contribution in [0.3, 0.4) is 0 Å². The smallest absolute Gasteiger partial charge is 0.120 e. The summed E-state index contributed by atoms with van der Waals surface area (Å²) in [5, 5.41) is 3.49. The van der Waals surface area contributed by atoms with E-state index in [0.717, 1.165) is 28.1 Å². The Labute approximate surface area is 112 Å². The molecule has 3 rings (SSSR count). The number of hydrogen-bond acceptors (Lipinski definition) is 3. The van der Waals surface area contributed by atoms with Gasteiger partial charge in [0.2, 0.25) is 0 Å². The second-order valence-corrected chi connectivity index (χ2v) is 6.08. The summed E-state index contributed by atoms with van der Waals surface area (Å²) in [5.41, 5.74) is 1.21. The molecule has 0 bridgehead atoms. The summed E-state index contributed by atoms with van der Waals surface area (Å²) in [7, 11) is 0. The topological polar surface area (TPSA) is 28.2 Å².